The van der Waals surface area contributed by atoms with E-state index in [1.54, 1.807) is 14.1 Å². The molecule has 0 aliphatic rings. The molecule has 0 radical (unpaired) electrons. The highest BCUT2D eigenvalue weighted by Crippen LogP contribution is 2.20. The first kappa shape index (κ1) is 15.8. The smallest absolute Gasteiger partial charge is 0.337 e. The van der Waals surface area contributed by atoms with Gasteiger partial charge in [-0.1, -0.05) is 11.6 Å². The number of nitrogens with one attached hydrogen (secondary N) is 2. The molecule has 0 unspecified atom stereocenters. The molecule has 0 heterocycles. The number of carbonyl (C=O) groups excluding carboxylic acids is 2. The van der Waals surface area contributed by atoms with Crippen LogP contribution in [0.5, 0.6) is 0 Å². The lowest BCUT2D eigenvalue weighted by Crippen LogP contribution is -2.38. The molecule has 108 valence electrons. The Labute approximate surface area is 120 Å². The Hall–Kier alpha value is -2.28. The minimum Gasteiger partial charge on any atom is -0.478 e. The normalized spacial score (nSPS) is 9.75. The van der Waals surface area contributed by atoms with Crippen LogP contribution in [-0.2, 0) is 4.79 Å². The van der Waals surface area contributed by atoms with E-state index in [0.29, 0.717) is 0 Å². The maximum Gasteiger partial charge on any atom is 0.337 e. The highest BCUT2D eigenvalue weighted by molar-refractivity contribution is 6.33. The summed E-state index contributed by atoms with van der Waals surface area (Å²) in [6.07, 6.45) is 0. The van der Waals surface area contributed by atoms with E-state index in [1.807, 2.05) is 0 Å². The van der Waals surface area contributed by atoms with Crippen molar-refractivity contribution in [3.05, 3.63) is 28.8 Å². The number of rotatable bonds is 4. The number of urea groups is 1. The quantitative estimate of drug-likeness (QED) is 0.779. The molecular formula is C12H14ClN3O4. The first-order chi connectivity index (χ1) is 9.31. The van der Waals surface area contributed by atoms with Crippen molar-refractivity contribution in [1.82, 2.24) is 10.2 Å². The number of aromatic carboxylic acids is 1. The Balaban J connectivity index is 2.65. The van der Waals surface area contributed by atoms with Crippen molar-refractivity contribution in [1.29, 1.82) is 0 Å². The summed E-state index contributed by atoms with van der Waals surface area (Å²) in [6.45, 7) is -0.155. The van der Waals surface area contributed by atoms with E-state index in [9.17, 15) is 14.4 Å². The van der Waals surface area contributed by atoms with Gasteiger partial charge >= 0.3 is 12.0 Å². The van der Waals surface area contributed by atoms with Gasteiger partial charge in [0.05, 0.1) is 17.1 Å². The summed E-state index contributed by atoms with van der Waals surface area (Å²) in [5, 5.41) is 13.7. The maximum absolute atomic E-state index is 11.5. The van der Waals surface area contributed by atoms with Gasteiger partial charge in [0.25, 0.3) is 0 Å². The van der Waals surface area contributed by atoms with Gasteiger partial charge in [0.1, 0.15) is 0 Å². The van der Waals surface area contributed by atoms with E-state index in [-0.39, 0.29) is 28.7 Å². The number of amides is 3. The molecule has 0 fully saturated rings. The van der Waals surface area contributed by atoms with Crippen LogP contribution in [0.25, 0.3) is 0 Å². The third-order valence-corrected chi connectivity index (χ3v) is 2.68. The van der Waals surface area contributed by atoms with Crippen molar-refractivity contribution in [2.75, 3.05) is 26.0 Å². The molecule has 0 saturated carbocycles. The van der Waals surface area contributed by atoms with Crippen molar-refractivity contribution in [3.63, 3.8) is 0 Å². The molecule has 1 rings (SSSR count). The molecule has 7 nitrogen and oxygen atoms in total. The molecule has 20 heavy (non-hydrogen) atoms. The molecule has 0 aliphatic heterocycles. The summed E-state index contributed by atoms with van der Waals surface area (Å²) in [7, 11) is 3.14. The summed E-state index contributed by atoms with van der Waals surface area (Å²) >= 11 is 5.71. The van der Waals surface area contributed by atoms with E-state index in [0.717, 1.165) is 0 Å². The van der Waals surface area contributed by atoms with Crippen LogP contribution in [0.3, 0.4) is 0 Å². The van der Waals surface area contributed by atoms with Gasteiger partial charge < -0.3 is 20.6 Å². The van der Waals surface area contributed by atoms with Gasteiger partial charge in [0.15, 0.2) is 0 Å². The largest absolute Gasteiger partial charge is 0.478 e. The number of carbonyl (C=O) groups is 3. The highest BCUT2D eigenvalue weighted by atomic mass is 35.5. The number of nitrogens with zero attached hydrogens (tertiary/aromatic N) is 1. The molecule has 8 heteroatoms. The molecule has 3 N–H and O–H groups in total. The Morgan fingerprint density at radius 1 is 1.30 bits per heavy atom. The van der Waals surface area contributed by atoms with Crippen molar-refractivity contribution in [3.8, 4) is 0 Å². The fourth-order valence-corrected chi connectivity index (χ4v) is 1.45. The Morgan fingerprint density at radius 3 is 2.50 bits per heavy atom. The van der Waals surface area contributed by atoms with Crippen LogP contribution in [0, 0.1) is 0 Å². The van der Waals surface area contributed by atoms with Crippen molar-refractivity contribution in [2.24, 2.45) is 0 Å². The molecule has 0 spiro atoms. The highest BCUT2D eigenvalue weighted by Gasteiger charge is 2.11. The second-order valence-electron chi connectivity index (χ2n) is 4.10. The standard InChI is InChI=1S/C12H14ClN3O4/c1-16(2)10(17)6-14-12(20)15-7-3-4-9(13)8(5-7)11(18)19/h3-5H,6H2,1-2H3,(H,18,19)(H2,14,15,20). The predicted molar refractivity (Wildman–Crippen MR) is 74.1 cm³/mol. The molecule has 0 saturated heterocycles. The minimum absolute atomic E-state index is 0.0752. The van der Waals surface area contributed by atoms with Gasteiger partial charge in [-0.3, -0.25) is 4.79 Å². The van der Waals surface area contributed by atoms with E-state index in [1.165, 1.54) is 23.1 Å². The van der Waals surface area contributed by atoms with Gasteiger partial charge in [-0.2, -0.15) is 0 Å². The SMILES string of the molecule is CN(C)C(=O)CNC(=O)Nc1ccc(Cl)c(C(=O)O)c1. The lowest BCUT2D eigenvalue weighted by Gasteiger charge is -2.12. The molecular weight excluding hydrogens is 286 g/mol. The van der Waals surface area contributed by atoms with Crippen molar-refractivity contribution < 1.29 is 19.5 Å². The van der Waals surface area contributed by atoms with E-state index < -0.39 is 12.0 Å². The fourth-order valence-electron chi connectivity index (χ4n) is 1.26. The molecule has 0 atom stereocenters. The average Bonchev–Trinajstić information content (AvgIpc) is 2.37. The van der Waals surface area contributed by atoms with E-state index in [4.69, 9.17) is 16.7 Å². The van der Waals surface area contributed by atoms with E-state index >= 15 is 0 Å². The summed E-state index contributed by atoms with van der Waals surface area (Å²) in [6, 6.07) is 3.45. The molecule has 0 aliphatic carbocycles. The van der Waals surface area contributed by atoms with Gasteiger partial charge in [-0.05, 0) is 18.2 Å². The Bertz CT molecular complexity index is 546. The zero-order valence-corrected chi connectivity index (χ0v) is 11.7. The monoisotopic (exact) mass is 299 g/mol. The van der Waals surface area contributed by atoms with Gasteiger partial charge in [-0.15, -0.1) is 0 Å². The third kappa shape index (κ3) is 4.43. The number of benzene rings is 1. The molecule has 3 amide bonds. The summed E-state index contributed by atoms with van der Waals surface area (Å²) in [4.78, 5) is 35.0. The number of anilines is 1. The van der Waals surface area contributed by atoms with Crippen LogP contribution >= 0.6 is 11.6 Å². The molecule has 1 aromatic carbocycles. The summed E-state index contributed by atoms with van der Waals surface area (Å²) in [5.41, 5.74) is 0.149. The molecule has 1 aromatic rings. The van der Waals surface area contributed by atoms with Crippen LogP contribution in [-0.4, -0.2) is 48.6 Å². The van der Waals surface area contributed by atoms with Crippen LogP contribution in [0.4, 0.5) is 10.5 Å². The zero-order chi connectivity index (χ0) is 15.3. The average molecular weight is 300 g/mol. The number of carboxylic acids is 1. The second kappa shape index (κ2) is 6.76. The number of likely N-dealkylation sites (N-methyl/N-ethyl adjacent to an activating group) is 1. The lowest BCUT2D eigenvalue weighted by molar-refractivity contribution is -0.127. The molecule has 0 bridgehead atoms. The zero-order valence-electron chi connectivity index (χ0n) is 10.9. The van der Waals surface area contributed by atoms with Crippen LogP contribution in [0.1, 0.15) is 10.4 Å². The van der Waals surface area contributed by atoms with Crippen molar-refractivity contribution >= 4 is 35.2 Å². The van der Waals surface area contributed by atoms with E-state index in [2.05, 4.69) is 10.6 Å². The first-order valence-electron chi connectivity index (χ1n) is 5.59. The van der Waals surface area contributed by atoms with Gasteiger partial charge in [0, 0.05) is 19.8 Å². The van der Waals surface area contributed by atoms with Crippen molar-refractivity contribution in [2.45, 2.75) is 0 Å². The minimum atomic E-state index is -1.19. The summed E-state index contributed by atoms with van der Waals surface area (Å²) < 4.78 is 0. The predicted octanol–water partition coefficient (Wildman–Crippen LogP) is 1.25. The van der Waals surface area contributed by atoms with Gasteiger partial charge in [0.2, 0.25) is 5.91 Å². The number of carboxylic acid groups (broad SMARTS) is 1. The maximum atomic E-state index is 11.5. The topological polar surface area (TPSA) is 98.7 Å². The second-order valence-corrected chi connectivity index (χ2v) is 4.50. The number of hydrogen-bond acceptors (Lipinski definition) is 3. The number of halogens is 1. The summed E-state index contributed by atoms with van der Waals surface area (Å²) in [5.74, 6) is -1.45. The lowest BCUT2D eigenvalue weighted by atomic mass is 10.2. The molecule has 0 aromatic heterocycles. The third-order valence-electron chi connectivity index (χ3n) is 2.35. The van der Waals surface area contributed by atoms with Crippen LogP contribution in [0.2, 0.25) is 5.02 Å². The fraction of sp³-hybridized carbons (Fsp3) is 0.250. The first-order valence-corrected chi connectivity index (χ1v) is 5.97. The Morgan fingerprint density at radius 2 is 1.95 bits per heavy atom. The van der Waals surface area contributed by atoms with Crippen LogP contribution < -0.4 is 10.6 Å². The Kier molecular flexibility index (Phi) is 5.33. The van der Waals surface area contributed by atoms with Gasteiger partial charge in [-0.25, -0.2) is 9.59 Å². The number of hydrogen-bond donors (Lipinski definition) is 3. The van der Waals surface area contributed by atoms with Crippen LogP contribution in [0.15, 0.2) is 18.2 Å².